The molecule has 0 saturated carbocycles. The Kier molecular flexibility index (Phi) is 5.11. The molecule has 0 bridgehead atoms. The Morgan fingerprint density at radius 3 is 2.62 bits per heavy atom. The summed E-state index contributed by atoms with van der Waals surface area (Å²) in [4.78, 5) is 17.7. The third-order valence-corrected chi connectivity index (χ3v) is 5.66. The van der Waals surface area contributed by atoms with Crippen molar-refractivity contribution in [2.24, 2.45) is 4.99 Å². The van der Waals surface area contributed by atoms with E-state index in [1.807, 2.05) is 24.5 Å². The maximum atomic E-state index is 12.6. The largest absolute Gasteiger partial charge is 0.305 e. The van der Waals surface area contributed by atoms with Crippen LogP contribution in [0.5, 0.6) is 0 Å². The molecule has 1 amide bonds. The van der Waals surface area contributed by atoms with Crippen LogP contribution in [0.15, 0.2) is 35.3 Å². The summed E-state index contributed by atoms with van der Waals surface area (Å²) in [5, 5.41) is 0. The summed E-state index contributed by atoms with van der Waals surface area (Å²) in [6.07, 6.45) is 5.86. The fraction of sp³-hybridized carbons (Fsp3) is 0.273. The van der Waals surface area contributed by atoms with Crippen LogP contribution in [0.2, 0.25) is 0 Å². The molecular weight excluding hydrogens is 340 g/mol. The third-order valence-electron chi connectivity index (χ3n) is 4.43. The molecule has 0 fully saturated rings. The van der Waals surface area contributed by atoms with Crippen LogP contribution in [0, 0.1) is 40.0 Å². The lowest BCUT2D eigenvalue weighted by atomic mass is 10.0. The zero-order valence-electron chi connectivity index (χ0n) is 15.6. The third kappa shape index (κ3) is 3.63. The van der Waals surface area contributed by atoms with Gasteiger partial charge in [-0.3, -0.25) is 4.79 Å². The topological polar surface area (TPSA) is 34.4 Å². The molecular formula is C22H22N2OS. The predicted molar refractivity (Wildman–Crippen MR) is 108 cm³/mol. The average Bonchev–Trinajstić information content (AvgIpc) is 2.89. The second-order valence-corrected chi connectivity index (χ2v) is 7.69. The molecule has 4 heteroatoms. The van der Waals surface area contributed by atoms with Gasteiger partial charge in [0.15, 0.2) is 4.80 Å². The van der Waals surface area contributed by atoms with E-state index in [0.717, 1.165) is 26.9 Å². The van der Waals surface area contributed by atoms with Crippen LogP contribution in [0.4, 0.5) is 0 Å². The number of terminal acetylenes is 1. The van der Waals surface area contributed by atoms with Crippen LogP contribution >= 0.6 is 11.3 Å². The smallest absolute Gasteiger partial charge is 0.252 e. The highest BCUT2D eigenvalue weighted by atomic mass is 32.1. The first-order valence-electron chi connectivity index (χ1n) is 8.57. The van der Waals surface area contributed by atoms with Gasteiger partial charge in [-0.25, -0.2) is 0 Å². The fourth-order valence-corrected chi connectivity index (χ4v) is 4.24. The number of fused-ring (bicyclic) bond motifs is 1. The van der Waals surface area contributed by atoms with E-state index in [-0.39, 0.29) is 5.91 Å². The normalized spacial score (nSPS) is 11.7. The summed E-state index contributed by atoms with van der Waals surface area (Å²) >= 11 is 1.53. The molecule has 0 aliphatic rings. The number of carbonyl (C=O) groups is 1. The van der Waals surface area contributed by atoms with E-state index in [1.165, 1.54) is 22.5 Å². The highest BCUT2D eigenvalue weighted by Crippen LogP contribution is 2.23. The maximum Gasteiger partial charge on any atom is 0.252 e. The van der Waals surface area contributed by atoms with Gasteiger partial charge in [-0.1, -0.05) is 47.1 Å². The molecule has 132 valence electrons. The summed E-state index contributed by atoms with van der Waals surface area (Å²) in [6.45, 7) is 8.59. The van der Waals surface area contributed by atoms with E-state index in [9.17, 15) is 4.79 Å². The second kappa shape index (κ2) is 7.31. The van der Waals surface area contributed by atoms with Crippen LogP contribution in [0.3, 0.4) is 0 Å². The van der Waals surface area contributed by atoms with E-state index >= 15 is 0 Å². The quantitative estimate of drug-likeness (QED) is 0.642. The van der Waals surface area contributed by atoms with Crippen molar-refractivity contribution in [3.63, 3.8) is 0 Å². The number of nitrogens with zero attached hydrogens (tertiary/aromatic N) is 2. The molecule has 1 heterocycles. The standard InChI is InChI=1S/C22H22N2OS/c1-6-9-24-19-12-15(3)10-17(5)21(19)26-22(24)23-20(25)13-18-11-14(2)7-8-16(18)4/h1,7-8,10-12H,9,13H2,2-5H3. The first-order valence-corrected chi connectivity index (χ1v) is 9.38. The molecule has 0 N–H and O–H groups in total. The molecule has 2 aromatic carbocycles. The number of aryl methyl sites for hydroxylation is 4. The van der Waals surface area contributed by atoms with Gasteiger partial charge in [-0.05, 0) is 56.0 Å². The van der Waals surface area contributed by atoms with Crippen molar-refractivity contribution in [3.05, 3.63) is 63.0 Å². The van der Waals surface area contributed by atoms with E-state index in [1.54, 1.807) is 0 Å². The summed E-state index contributed by atoms with van der Waals surface area (Å²) in [5.41, 5.74) is 6.68. The minimum Gasteiger partial charge on any atom is -0.305 e. The van der Waals surface area contributed by atoms with Crippen LogP contribution in [-0.2, 0) is 17.8 Å². The predicted octanol–water partition coefficient (Wildman–Crippen LogP) is 4.24. The monoisotopic (exact) mass is 362 g/mol. The van der Waals surface area contributed by atoms with Gasteiger partial charge in [-0.2, -0.15) is 4.99 Å². The zero-order valence-corrected chi connectivity index (χ0v) is 16.4. The molecule has 0 unspecified atom stereocenters. The number of thiazole rings is 1. The Morgan fingerprint density at radius 1 is 1.12 bits per heavy atom. The number of aromatic nitrogens is 1. The fourth-order valence-electron chi connectivity index (χ4n) is 3.14. The second-order valence-electron chi connectivity index (χ2n) is 6.72. The molecule has 1 aromatic heterocycles. The van der Waals surface area contributed by atoms with Crippen LogP contribution in [0.1, 0.15) is 27.8 Å². The molecule has 26 heavy (non-hydrogen) atoms. The lowest BCUT2D eigenvalue weighted by molar-refractivity contribution is -0.117. The number of benzene rings is 2. The SMILES string of the molecule is C#CCn1c(=NC(=O)Cc2cc(C)ccc2C)sc2c(C)cc(C)cc21. The Hall–Kier alpha value is -2.64. The van der Waals surface area contributed by atoms with E-state index < -0.39 is 0 Å². The summed E-state index contributed by atoms with van der Waals surface area (Å²) < 4.78 is 3.09. The van der Waals surface area contributed by atoms with Gasteiger partial charge in [-0.15, -0.1) is 6.42 Å². The number of hydrogen-bond acceptors (Lipinski definition) is 2. The molecule has 0 aliphatic heterocycles. The van der Waals surface area contributed by atoms with Gasteiger partial charge >= 0.3 is 0 Å². The van der Waals surface area contributed by atoms with Crippen molar-refractivity contribution in [2.45, 2.75) is 40.7 Å². The molecule has 0 atom stereocenters. The maximum absolute atomic E-state index is 12.6. The lowest BCUT2D eigenvalue weighted by Gasteiger charge is -2.05. The summed E-state index contributed by atoms with van der Waals surface area (Å²) in [5.74, 6) is 2.53. The van der Waals surface area contributed by atoms with Crippen LogP contribution in [-0.4, -0.2) is 10.5 Å². The molecule has 0 radical (unpaired) electrons. The molecule has 0 spiro atoms. The lowest BCUT2D eigenvalue weighted by Crippen LogP contribution is -2.17. The van der Waals surface area contributed by atoms with Crippen molar-refractivity contribution in [1.82, 2.24) is 4.57 Å². The molecule has 3 rings (SSSR count). The average molecular weight is 362 g/mol. The first kappa shape index (κ1) is 18.2. The Balaban J connectivity index is 2.07. The number of hydrogen-bond donors (Lipinski definition) is 0. The van der Waals surface area contributed by atoms with E-state index in [0.29, 0.717) is 17.8 Å². The van der Waals surface area contributed by atoms with Crippen LogP contribution in [0.25, 0.3) is 10.2 Å². The van der Waals surface area contributed by atoms with Crippen molar-refractivity contribution in [3.8, 4) is 12.3 Å². The van der Waals surface area contributed by atoms with E-state index in [2.05, 4.69) is 49.0 Å². The van der Waals surface area contributed by atoms with Gasteiger partial charge in [0, 0.05) is 0 Å². The van der Waals surface area contributed by atoms with Crippen molar-refractivity contribution in [2.75, 3.05) is 0 Å². The Bertz CT molecular complexity index is 1110. The van der Waals surface area contributed by atoms with Crippen molar-refractivity contribution < 1.29 is 4.79 Å². The zero-order chi connectivity index (χ0) is 18.8. The summed E-state index contributed by atoms with van der Waals surface area (Å²) in [7, 11) is 0. The Labute approximate surface area is 158 Å². The highest BCUT2D eigenvalue weighted by Gasteiger charge is 2.11. The molecule has 3 aromatic rings. The number of rotatable bonds is 3. The van der Waals surface area contributed by atoms with Crippen molar-refractivity contribution in [1.29, 1.82) is 0 Å². The summed E-state index contributed by atoms with van der Waals surface area (Å²) in [6, 6.07) is 10.4. The van der Waals surface area contributed by atoms with Gasteiger partial charge in [0.1, 0.15) is 0 Å². The number of carbonyl (C=O) groups excluding carboxylic acids is 1. The van der Waals surface area contributed by atoms with Crippen LogP contribution < -0.4 is 4.80 Å². The molecule has 3 nitrogen and oxygen atoms in total. The highest BCUT2D eigenvalue weighted by molar-refractivity contribution is 7.16. The van der Waals surface area contributed by atoms with Crippen molar-refractivity contribution >= 4 is 27.5 Å². The minimum absolute atomic E-state index is 0.148. The van der Waals surface area contributed by atoms with E-state index in [4.69, 9.17) is 6.42 Å². The van der Waals surface area contributed by atoms with Gasteiger partial charge < -0.3 is 4.57 Å². The molecule has 0 saturated heterocycles. The molecule has 0 aliphatic carbocycles. The number of amides is 1. The van der Waals surface area contributed by atoms with Gasteiger partial charge in [0.2, 0.25) is 0 Å². The Morgan fingerprint density at radius 2 is 1.88 bits per heavy atom. The first-order chi connectivity index (χ1) is 12.4. The van der Waals surface area contributed by atoms with Gasteiger partial charge in [0.05, 0.1) is 23.2 Å². The van der Waals surface area contributed by atoms with Gasteiger partial charge in [0.25, 0.3) is 5.91 Å². The minimum atomic E-state index is -0.148.